The molecule has 1 heterocycles. The zero-order chi connectivity index (χ0) is 13.7. The van der Waals surface area contributed by atoms with Crippen LogP contribution in [-0.4, -0.2) is 15.5 Å². The van der Waals surface area contributed by atoms with E-state index in [0.29, 0.717) is 5.15 Å². The summed E-state index contributed by atoms with van der Waals surface area (Å²) in [6.07, 6.45) is 9.17. The molecule has 5 rings (SSSR count). The van der Waals surface area contributed by atoms with Gasteiger partial charge in [0.15, 0.2) is 0 Å². The van der Waals surface area contributed by atoms with E-state index in [4.69, 9.17) is 11.6 Å². The highest BCUT2D eigenvalue weighted by atomic mass is 35.5. The summed E-state index contributed by atoms with van der Waals surface area (Å²) in [5.41, 5.74) is 1.28. The van der Waals surface area contributed by atoms with Crippen molar-refractivity contribution in [3.63, 3.8) is 0 Å². The number of hydrogen-bond acceptors (Lipinski definition) is 3. The van der Waals surface area contributed by atoms with Crippen molar-refractivity contribution in [2.24, 2.45) is 17.8 Å². The van der Waals surface area contributed by atoms with Gasteiger partial charge in [0.2, 0.25) is 5.95 Å². The van der Waals surface area contributed by atoms with Gasteiger partial charge in [-0.15, -0.1) is 0 Å². The zero-order valence-electron chi connectivity index (χ0n) is 12.0. The molecule has 4 saturated carbocycles. The summed E-state index contributed by atoms with van der Waals surface area (Å²) in [4.78, 5) is 9.02. The van der Waals surface area contributed by atoms with Crippen molar-refractivity contribution < 1.29 is 0 Å². The summed E-state index contributed by atoms with van der Waals surface area (Å²) < 4.78 is 0. The smallest absolute Gasteiger partial charge is 0.224 e. The molecule has 0 amide bonds. The molecule has 4 fully saturated rings. The Labute approximate surface area is 125 Å². The average molecular weight is 292 g/mol. The molecule has 0 aromatic carbocycles. The molecule has 3 nitrogen and oxygen atoms in total. The minimum atomic E-state index is 0.254. The fraction of sp³-hybridized carbons (Fsp3) is 0.750. The first-order valence-electron chi connectivity index (χ1n) is 7.96. The van der Waals surface area contributed by atoms with Gasteiger partial charge in [-0.25, -0.2) is 9.97 Å². The Morgan fingerprint density at radius 1 is 1.15 bits per heavy atom. The molecule has 4 heteroatoms. The largest absolute Gasteiger partial charge is 0.349 e. The Hall–Kier alpha value is -0.830. The molecule has 0 radical (unpaired) electrons. The highest BCUT2D eigenvalue weighted by molar-refractivity contribution is 6.29. The number of rotatable bonds is 3. The van der Waals surface area contributed by atoms with Crippen LogP contribution in [0, 0.1) is 17.8 Å². The summed E-state index contributed by atoms with van der Waals surface area (Å²) in [5.74, 6) is 3.53. The lowest BCUT2D eigenvalue weighted by molar-refractivity contribution is 0.0103. The summed E-state index contributed by atoms with van der Waals surface area (Å²) in [5, 5.41) is 4.25. The van der Waals surface area contributed by atoms with Crippen LogP contribution >= 0.6 is 11.6 Å². The molecule has 0 atom stereocenters. The van der Waals surface area contributed by atoms with E-state index < -0.39 is 0 Å². The molecule has 1 aromatic heterocycles. The maximum absolute atomic E-state index is 6.12. The van der Waals surface area contributed by atoms with Crippen LogP contribution in [-0.2, 0) is 6.42 Å². The maximum atomic E-state index is 6.12. The second kappa shape index (κ2) is 4.59. The lowest BCUT2D eigenvalue weighted by atomic mass is 9.53. The van der Waals surface area contributed by atoms with Gasteiger partial charge in [-0.2, -0.15) is 0 Å². The van der Waals surface area contributed by atoms with Gasteiger partial charge in [0.1, 0.15) is 5.15 Å². The SMILES string of the molecule is CCc1cc(Cl)nc(NC23CC4CC(CC(C4)C2)C3)n1. The van der Waals surface area contributed by atoms with Gasteiger partial charge in [0.05, 0.1) is 0 Å². The molecule has 0 spiro atoms. The maximum Gasteiger partial charge on any atom is 0.224 e. The topological polar surface area (TPSA) is 37.8 Å². The second-order valence-corrected chi connectivity index (χ2v) is 7.57. The van der Waals surface area contributed by atoms with Crippen LogP contribution in [0.3, 0.4) is 0 Å². The number of hydrogen-bond donors (Lipinski definition) is 1. The number of aryl methyl sites for hydroxylation is 1. The van der Waals surface area contributed by atoms with Crippen LogP contribution in [0.15, 0.2) is 6.07 Å². The number of halogens is 1. The van der Waals surface area contributed by atoms with E-state index in [1.807, 2.05) is 6.07 Å². The molecular formula is C16H22ClN3. The monoisotopic (exact) mass is 291 g/mol. The molecule has 4 bridgehead atoms. The van der Waals surface area contributed by atoms with Crippen molar-refractivity contribution in [2.75, 3.05) is 5.32 Å². The first-order chi connectivity index (χ1) is 9.64. The van der Waals surface area contributed by atoms with E-state index in [1.54, 1.807) is 0 Å². The zero-order valence-corrected chi connectivity index (χ0v) is 12.8. The van der Waals surface area contributed by atoms with Crippen LogP contribution in [0.4, 0.5) is 5.95 Å². The quantitative estimate of drug-likeness (QED) is 0.853. The summed E-state index contributed by atoms with van der Waals surface area (Å²) in [6.45, 7) is 2.10. The number of nitrogens with zero attached hydrogens (tertiary/aromatic N) is 2. The average Bonchev–Trinajstić information content (AvgIpc) is 2.35. The number of nitrogens with one attached hydrogen (secondary N) is 1. The van der Waals surface area contributed by atoms with Gasteiger partial charge in [-0.1, -0.05) is 18.5 Å². The van der Waals surface area contributed by atoms with Crippen molar-refractivity contribution in [2.45, 2.75) is 57.4 Å². The van der Waals surface area contributed by atoms with Crippen molar-refractivity contribution in [3.05, 3.63) is 16.9 Å². The number of anilines is 1. The number of aromatic nitrogens is 2. The fourth-order valence-electron chi connectivity index (χ4n) is 5.20. The third-order valence-corrected chi connectivity index (χ3v) is 5.72. The van der Waals surface area contributed by atoms with Gasteiger partial charge >= 0.3 is 0 Å². The van der Waals surface area contributed by atoms with Crippen LogP contribution in [0.1, 0.15) is 51.1 Å². The van der Waals surface area contributed by atoms with E-state index in [-0.39, 0.29) is 5.54 Å². The minimum Gasteiger partial charge on any atom is -0.349 e. The molecule has 20 heavy (non-hydrogen) atoms. The van der Waals surface area contributed by atoms with Gasteiger partial charge < -0.3 is 5.32 Å². The molecule has 0 aliphatic heterocycles. The van der Waals surface area contributed by atoms with Crippen LogP contribution in [0.25, 0.3) is 0 Å². The van der Waals surface area contributed by atoms with E-state index in [0.717, 1.165) is 35.8 Å². The highest BCUT2D eigenvalue weighted by Gasteiger charge is 2.51. The van der Waals surface area contributed by atoms with Crippen molar-refractivity contribution in [1.82, 2.24) is 9.97 Å². The van der Waals surface area contributed by atoms with E-state index >= 15 is 0 Å². The van der Waals surface area contributed by atoms with E-state index in [2.05, 4.69) is 22.2 Å². The van der Waals surface area contributed by atoms with Crippen molar-refractivity contribution in [1.29, 1.82) is 0 Å². The van der Waals surface area contributed by atoms with Gasteiger partial charge in [0.25, 0.3) is 0 Å². The predicted octanol–water partition coefficient (Wildman–Crippen LogP) is 4.07. The Kier molecular flexibility index (Phi) is 2.95. The standard InChI is InChI=1S/C16H22ClN3/c1-2-13-6-14(17)19-15(18-13)20-16-7-10-3-11(8-16)5-12(4-10)9-16/h6,10-12H,2-5,7-9H2,1H3,(H,18,19,20). The highest BCUT2D eigenvalue weighted by Crippen LogP contribution is 2.56. The van der Waals surface area contributed by atoms with Crippen LogP contribution in [0.2, 0.25) is 5.15 Å². The van der Waals surface area contributed by atoms with E-state index in [1.165, 1.54) is 38.5 Å². The third kappa shape index (κ3) is 2.20. The summed E-state index contributed by atoms with van der Waals surface area (Å²) >= 11 is 6.12. The third-order valence-electron chi connectivity index (χ3n) is 5.53. The molecule has 1 aromatic rings. The Bertz CT molecular complexity index is 493. The first kappa shape index (κ1) is 12.9. The minimum absolute atomic E-state index is 0.254. The first-order valence-corrected chi connectivity index (χ1v) is 8.33. The molecular weight excluding hydrogens is 270 g/mol. The Morgan fingerprint density at radius 2 is 1.75 bits per heavy atom. The van der Waals surface area contributed by atoms with Gasteiger partial charge in [0, 0.05) is 11.2 Å². The molecule has 1 N–H and O–H groups in total. The molecule has 4 aliphatic rings. The van der Waals surface area contributed by atoms with Crippen molar-refractivity contribution >= 4 is 17.5 Å². The van der Waals surface area contributed by atoms with Crippen LogP contribution in [0.5, 0.6) is 0 Å². The normalized spacial score (nSPS) is 38.2. The summed E-state index contributed by atoms with van der Waals surface area (Å²) in [7, 11) is 0. The predicted molar refractivity (Wildman–Crippen MR) is 80.9 cm³/mol. The Balaban J connectivity index is 1.61. The molecule has 4 aliphatic carbocycles. The van der Waals surface area contributed by atoms with E-state index in [9.17, 15) is 0 Å². The van der Waals surface area contributed by atoms with Gasteiger partial charge in [-0.05, 0) is 68.8 Å². The lowest BCUT2D eigenvalue weighted by Gasteiger charge is -2.56. The molecule has 108 valence electrons. The van der Waals surface area contributed by atoms with Gasteiger partial charge in [-0.3, -0.25) is 0 Å². The fourth-order valence-corrected chi connectivity index (χ4v) is 5.41. The van der Waals surface area contributed by atoms with Crippen LogP contribution < -0.4 is 5.32 Å². The molecule has 0 unspecified atom stereocenters. The second-order valence-electron chi connectivity index (χ2n) is 7.18. The Morgan fingerprint density at radius 3 is 2.30 bits per heavy atom. The molecule has 0 saturated heterocycles. The van der Waals surface area contributed by atoms with Crippen molar-refractivity contribution in [3.8, 4) is 0 Å². The lowest BCUT2D eigenvalue weighted by Crippen LogP contribution is -2.55. The summed E-state index contributed by atoms with van der Waals surface area (Å²) in [6, 6.07) is 1.87.